The van der Waals surface area contributed by atoms with Crippen LogP contribution in [0, 0.1) is 5.92 Å². The molecule has 2 fully saturated rings. The van der Waals surface area contributed by atoms with E-state index >= 15 is 0 Å². The number of piperidine rings is 1. The van der Waals surface area contributed by atoms with Gasteiger partial charge in [-0.25, -0.2) is 4.98 Å². The summed E-state index contributed by atoms with van der Waals surface area (Å²) in [6.45, 7) is 1.37. The highest BCUT2D eigenvalue weighted by molar-refractivity contribution is 5.79. The lowest BCUT2D eigenvalue weighted by atomic mass is 9.70. The average Bonchev–Trinajstić information content (AvgIpc) is 3.37. The molecule has 1 saturated carbocycles. The second-order valence-corrected chi connectivity index (χ2v) is 8.77. The van der Waals surface area contributed by atoms with Gasteiger partial charge in [-0.1, -0.05) is 36.4 Å². The molecule has 3 heterocycles. The zero-order chi connectivity index (χ0) is 20.7. The van der Waals surface area contributed by atoms with Crippen molar-refractivity contribution in [3.8, 4) is 0 Å². The summed E-state index contributed by atoms with van der Waals surface area (Å²) in [5.41, 5.74) is 8.97. The Morgan fingerprint density at radius 1 is 1.07 bits per heavy atom. The van der Waals surface area contributed by atoms with Crippen molar-refractivity contribution in [2.24, 2.45) is 11.7 Å². The molecule has 2 aliphatic rings. The maximum absolute atomic E-state index is 13.1. The molecule has 0 unspecified atom stereocenters. The summed E-state index contributed by atoms with van der Waals surface area (Å²) >= 11 is 0. The predicted octanol–water partition coefficient (Wildman–Crippen LogP) is 2.34. The van der Waals surface area contributed by atoms with E-state index in [-0.39, 0.29) is 23.3 Å². The smallest absolute Gasteiger partial charge is 0.225 e. The third kappa shape index (κ3) is 3.20. The maximum Gasteiger partial charge on any atom is 0.225 e. The van der Waals surface area contributed by atoms with Gasteiger partial charge in [0.05, 0.1) is 11.8 Å². The molecule has 3 N–H and O–H groups in total. The minimum absolute atomic E-state index is 0.138. The number of amides is 1. The number of likely N-dealkylation sites (tertiary alicyclic amines) is 1. The molecule has 0 radical (unpaired) electrons. The Hall–Kier alpha value is -2.70. The number of nitrogens with two attached hydrogens (primary N) is 1. The van der Waals surface area contributed by atoms with Crippen LogP contribution in [0.4, 0.5) is 0 Å². The van der Waals surface area contributed by atoms with Crippen molar-refractivity contribution in [1.29, 1.82) is 0 Å². The van der Waals surface area contributed by atoms with Gasteiger partial charge in [-0.2, -0.15) is 0 Å². The van der Waals surface area contributed by atoms with Gasteiger partial charge < -0.3 is 20.1 Å². The highest BCUT2D eigenvalue weighted by atomic mass is 16.3. The monoisotopic (exact) mass is 404 g/mol. The second kappa shape index (κ2) is 7.52. The summed E-state index contributed by atoms with van der Waals surface area (Å²) < 4.78 is 2.07. The van der Waals surface area contributed by atoms with E-state index in [0.29, 0.717) is 25.9 Å². The molecular formula is C24H28N4O2. The van der Waals surface area contributed by atoms with Crippen LogP contribution in [0.25, 0.3) is 5.65 Å². The van der Waals surface area contributed by atoms with Crippen LogP contribution in [0.2, 0.25) is 0 Å². The molecule has 0 bridgehead atoms. The van der Waals surface area contributed by atoms with Crippen LogP contribution in [0.1, 0.15) is 36.9 Å². The second-order valence-electron chi connectivity index (χ2n) is 8.77. The molecule has 30 heavy (non-hydrogen) atoms. The molecule has 6 heteroatoms. The molecule has 1 aliphatic carbocycles. The number of hydrogen-bond donors (Lipinski definition) is 2. The Bertz CT molecular complexity index is 997. The topological polar surface area (TPSA) is 83.9 Å². The number of carbonyl (C=O) groups excluding carboxylic acids is 1. The van der Waals surface area contributed by atoms with Gasteiger partial charge in [-0.15, -0.1) is 0 Å². The van der Waals surface area contributed by atoms with E-state index in [9.17, 15) is 9.90 Å². The minimum Gasteiger partial charge on any atom is -0.391 e. The van der Waals surface area contributed by atoms with Crippen molar-refractivity contribution in [1.82, 2.24) is 14.3 Å². The predicted molar refractivity (Wildman–Crippen MR) is 115 cm³/mol. The first-order valence-electron chi connectivity index (χ1n) is 10.8. The number of pyridine rings is 1. The van der Waals surface area contributed by atoms with Gasteiger partial charge in [0.1, 0.15) is 5.65 Å². The van der Waals surface area contributed by atoms with E-state index in [1.807, 2.05) is 35.4 Å². The van der Waals surface area contributed by atoms with E-state index in [2.05, 4.69) is 34.9 Å². The lowest BCUT2D eigenvalue weighted by molar-refractivity contribution is -0.137. The zero-order valence-electron chi connectivity index (χ0n) is 17.0. The third-order valence-electron chi connectivity index (χ3n) is 7.04. The summed E-state index contributed by atoms with van der Waals surface area (Å²) in [5, 5.41) is 9.96. The summed E-state index contributed by atoms with van der Waals surface area (Å²) in [7, 11) is 0. The molecule has 5 rings (SSSR count). The SMILES string of the molecule is N[C@H]1C[C@H](C(=O)N2CCC(c3ccccc3)(c3cn4ccccc4n3)CC2)C[C@@H]1O. The Balaban J connectivity index is 1.43. The van der Waals surface area contributed by atoms with Crippen molar-refractivity contribution >= 4 is 11.6 Å². The first-order valence-corrected chi connectivity index (χ1v) is 10.8. The van der Waals surface area contributed by atoms with Gasteiger partial charge in [-0.3, -0.25) is 4.79 Å². The number of nitrogens with zero attached hydrogens (tertiary/aromatic N) is 3. The number of aliphatic hydroxyl groups excluding tert-OH is 1. The lowest BCUT2D eigenvalue weighted by Gasteiger charge is -2.42. The quantitative estimate of drug-likeness (QED) is 0.702. The van der Waals surface area contributed by atoms with Crippen LogP contribution in [0.5, 0.6) is 0 Å². The molecule has 6 nitrogen and oxygen atoms in total. The van der Waals surface area contributed by atoms with Crippen molar-refractivity contribution < 1.29 is 9.90 Å². The molecule has 156 valence electrons. The zero-order valence-corrected chi connectivity index (χ0v) is 17.0. The fourth-order valence-electron chi connectivity index (χ4n) is 5.23. The molecule has 2 aromatic heterocycles. The van der Waals surface area contributed by atoms with E-state index in [4.69, 9.17) is 10.7 Å². The first kappa shape index (κ1) is 19.3. The summed E-state index contributed by atoms with van der Waals surface area (Å²) in [5.74, 6) is -0.0203. The van der Waals surface area contributed by atoms with Gasteiger partial charge in [0.15, 0.2) is 0 Å². The number of aliphatic hydroxyl groups is 1. The number of carbonyl (C=O) groups is 1. The standard InChI is InChI=1S/C24H28N4O2/c25-19-14-17(15-20(19)29)23(30)27-12-9-24(10-13-27,18-6-2-1-3-7-18)21-16-28-11-5-4-8-22(28)26-21/h1-8,11,16-17,19-20,29H,9-10,12-15,25H2/t17-,19-,20-/m0/s1. The Kier molecular flexibility index (Phi) is 4.83. The molecule has 3 aromatic rings. The van der Waals surface area contributed by atoms with E-state index in [1.165, 1.54) is 5.56 Å². The Labute approximate surface area is 176 Å². The Morgan fingerprint density at radius 3 is 2.47 bits per heavy atom. The van der Waals surface area contributed by atoms with E-state index < -0.39 is 6.10 Å². The highest BCUT2D eigenvalue weighted by Crippen LogP contribution is 2.42. The van der Waals surface area contributed by atoms with Gasteiger partial charge in [-0.05, 0) is 43.4 Å². The lowest BCUT2D eigenvalue weighted by Crippen LogP contribution is -2.47. The molecule has 0 spiro atoms. The van der Waals surface area contributed by atoms with Crippen molar-refractivity contribution in [2.45, 2.75) is 43.2 Å². The molecule has 1 aromatic carbocycles. The van der Waals surface area contributed by atoms with Crippen molar-refractivity contribution in [3.05, 3.63) is 72.2 Å². The number of imidazole rings is 1. The maximum atomic E-state index is 13.1. The van der Waals surface area contributed by atoms with E-state index in [1.54, 1.807) is 0 Å². The fraction of sp³-hybridized carbons (Fsp3) is 0.417. The number of fused-ring (bicyclic) bond motifs is 1. The number of rotatable bonds is 3. The number of aromatic nitrogens is 2. The van der Waals surface area contributed by atoms with Crippen molar-refractivity contribution in [2.75, 3.05) is 13.1 Å². The number of hydrogen-bond acceptors (Lipinski definition) is 4. The molecule has 1 saturated heterocycles. The normalized spacial score (nSPS) is 26.2. The van der Waals surface area contributed by atoms with E-state index in [0.717, 1.165) is 24.2 Å². The van der Waals surface area contributed by atoms with Crippen LogP contribution in [-0.4, -0.2) is 50.5 Å². The largest absolute Gasteiger partial charge is 0.391 e. The van der Waals surface area contributed by atoms with Crippen LogP contribution >= 0.6 is 0 Å². The van der Waals surface area contributed by atoms with Gasteiger partial charge in [0.25, 0.3) is 0 Å². The van der Waals surface area contributed by atoms with Crippen LogP contribution in [-0.2, 0) is 10.2 Å². The summed E-state index contributed by atoms with van der Waals surface area (Å²) in [4.78, 5) is 20.0. The molecule has 1 amide bonds. The molecule has 1 aliphatic heterocycles. The van der Waals surface area contributed by atoms with Gasteiger partial charge >= 0.3 is 0 Å². The third-order valence-corrected chi connectivity index (χ3v) is 7.04. The molecule has 3 atom stereocenters. The Morgan fingerprint density at radius 2 is 1.80 bits per heavy atom. The van der Waals surface area contributed by atoms with Gasteiger partial charge in [0, 0.05) is 42.9 Å². The van der Waals surface area contributed by atoms with Crippen LogP contribution in [0.3, 0.4) is 0 Å². The average molecular weight is 405 g/mol. The van der Waals surface area contributed by atoms with Crippen LogP contribution in [0.15, 0.2) is 60.9 Å². The minimum atomic E-state index is -0.565. The van der Waals surface area contributed by atoms with Gasteiger partial charge in [0.2, 0.25) is 5.91 Å². The summed E-state index contributed by atoms with van der Waals surface area (Å²) in [6.07, 6.45) is 6.30. The summed E-state index contributed by atoms with van der Waals surface area (Å²) in [6, 6.07) is 16.3. The first-order chi connectivity index (χ1) is 14.6. The number of benzene rings is 1. The van der Waals surface area contributed by atoms with Crippen molar-refractivity contribution in [3.63, 3.8) is 0 Å². The fourth-order valence-corrected chi connectivity index (χ4v) is 5.23. The highest BCUT2D eigenvalue weighted by Gasteiger charge is 2.43. The van der Waals surface area contributed by atoms with Crippen LogP contribution < -0.4 is 5.73 Å². The molecular weight excluding hydrogens is 376 g/mol.